The summed E-state index contributed by atoms with van der Waals surface area (Å²) in [5.41, 5.74) is 0.884. The standard InChI is InChI=1S/C19H24BrNO5S/c1-14-6-7-19(27(2,23)24)18(10-14)26-13-16(22)12-21-8-9-25-17-5-3-4-15(20)11-17/h3-7,10-11,16,21-22H,8-9,12-13H2,1-2H3. The van der Waals surface area contributed by atoms with Gasteiger partial charge in [-0.25, -0.2) is 8.42 Å². The van der Waals surface area contributed by atoms with Crippen molar-refractivity contribution >= 4 is 25.8 Å². The Morgan fingerprint density at radius 3 is 2.67 bits per heavy atom. The molecule has 6 nitrogen and oxygen atoms in total. The molecule has 0 aliphatic heterocycles. The van der Waals surface area contributed by atoms with E-state index in [1.165, 1.54) is 6.07 Å². The van der Waals surface area contributed by atoms with Gasteiger partial charge in [0.2, 0.25) is 0 Å². The molecule has 2 rings (SSSR count). The third-order valence-electron chi connectivity index (χ3n) is 3.65. The van der Waals surface area contributed by atoms with Crippen LogP contribution in [0, 0.1) is 6.92 Å². The molecule has 0 radical (unpaired) electrons. The maximum Gasteiger partial charge on any atom is 0.179 e. The fraction of sp³-hybridized carbons (Fsp3) is 0.368. The average molecular weight is 458 g/mol. The number of aliphatic hydroxyl groups is 1. The minimum atomic E-state index is -3.39. The van der Waals surface area contributed by atoms with E-state index in [0.29, 0.717) is 19.7 Å². The molecule has 0 amide bonds. The number of aryl methyl sites for hydroxylation is 1. The minimum absolute atomic E-state index is 0.00847. The first-order valence-corrected chi connectivity index (χ1v) is 11.1. The summed E-state index contributed by atoms with van der Waals surface area (Å²) >= 11 is 3.38. The zero-order chi connectivity index (χ0) is 19.9. The molecule has 0 aromatic heterocycles. The van der Waals surface area contributed by atoms with Gasteiger partial charge in [0.15, 0.2) is 9.84 Å². The zero-order valence-electron chi connectivity index (χ0n) is 15.3. The van der Waals surface area contributed by atoms with E-state index in [1.807, 2.05) is 31.2 Å². The van der Waals surface area contributed by atoms with E-state index in [0.717, 1.165) is 22.0 Å². The molecule has 0 aliphatic carbocycles. The van der Waals surface area contributed by atoms with Crippen molar-refractivity contribution in [2.45, 2.75) is 17.9 Å². The number of sulfone groups is 1. The van der Waals surface area contributed by atoms with Crippen LogP contribution in [-0.4, -0.2) is 52.2 Å². The molecule has 0 fully saturated rings. The molecule has 1 unspecified atom stereocenters. The number of aliphatic hydroxyl groups excluding tert-OH is 1. The summed E-state index contributed by atoms with van der Waals surface area (Å²) in [6.45, 7) is 3.16. The van der Waals surface area contributed by atoms with Crippen LogP contribution in [0.3, 0.4) is 0 Å². The normalized spacial score (nSPS) is 12.6. The highest BCUT2D eigenvalue weighted by Gasteiger charge is 2.15. The van der Waals surface area contributed by atoms with E-state index >= 15 is 0 Å². The fourth-order valence-corrected chi connectivity index (χ4v) is 3.52. The fourth-order valence-electron chi connectivity index (χ4n) is 2.35. The third kappa shape index (κ3) is 7.50. The Labute approximate surface area is 168 Å². The van der Waals surface area contributed by atoms with Crippen molar-refractivity contribution in [3.63, 3.8) is 0 Å². The summed E-state index contributed by atoms with van der Waals surface area (Å²) in [6, 6.07) is 12.5. The van der Waals surface area contributed by atoms with Gasteiger partial charge in [0, 0.05) is 23.8 Å². The summed E-state index contributed by atoms with van der Waals surface area (Å²) in [4.78, 5) is 0.121. The van der Waals surface area contributed by atoms with Gasteiger partial charge in [-0.1, -0.05) is 28.1 Å². The lowest BCUT2D eigenvalue weighted by Crippen LogP contribution is -2.33. The summed E-state index contributed by atoms with van der Waals surface area (Å²) in [6.07, 6.45) is 0.358. The van der Waals surface area contributed by atoms with Gasteiger partial charge in [0.25, 0.3) is 0 Å². The monoisotopic (exact) mass is 457 g/mol. The molecule has 8 heteroatoms. The van der Waals surface area contributed by atoms with Crippen molar-refractivity contribution in [1.82, 2.24) is 5.32 Å². The van der Waals surface area contributed by atoms with Gasteiger partial charge >= 0.3 is 0 Å². The number of rotatable bonds is 10. The maximum atomic E-state index is 11.8. The first-order chi connectivity index (χ1) is 12.8. The highest BCUT2D eigenvalue weighted by Crippen LogP contribution is 2.25. The molecule has 0 bridgehead atoms. The Morgan fingerprint density at radius 2 is 1.96 bits per heavy atom. The third-order valence-corrected chi connectivity index (χ3v) is 5.28. The Kier molecular flexibility index (Phi) is 8.09. The molecule has 0 saturated heterocycles. The smallest absolute Gasteiger partial charge is 0.179 e. The van der Waals surface area contributed by atoms with E-state index in [-0.39, 0.29) is 17.3 Å². The highest BCUT2D eigenvalue weighted by molar-refractivity contribution is 9.10. The van der Waals surface area contributed by atoms with Crippen molar-refractivity contribution in [1.29, 1.82) is 0 Å². The second kappa shape index (κ2) is 10.1. The van der Waals surface area contributed by atoms with Gasteiger partial charge < -0.3 is 19.9 Å². The number of halogens is 1. The number of hydrogen-bond donors (Lipinski definition) is 2. The van der Waals surface area contributed by atoms with Gasteiger partial charge in [-0.15, -0.1) is 0 Å². The molecule has 2 N–H and O–H groups in total. The van der Waals surface area contributed by atoms with Crippen LogP contribution in [0.15, 0.2) is 51.8 Å². The lowest BCUT2D eigenvalue weighted by Gasteiger charge is -2.15. The quantitative estimate of drug-likeness (QED) is 0.533. The predicted molar refractivity (Wildman–Crippen MR) is 108 cm³/mol. The molecule has 0 aliphatic rings. The highest BCUT2D eigenvalue weighted by atomic mass is 79.9. The average Bonchev–Trinajstić information content (AvgIpc) is 2.58. The lowest BCUT2D eigenvalue weighted by molar-refractivity contribution is 0.104. The first kappa shape index (κ1) is 21.7. The van der Waals surface area contributed by atoms with Crippen LogP contribution in [0.1, 0.15) is 5.56 Å². The lowest BCUT2D eigenvalue weighted by atomic mass is 10.2. The number of ether oxygens (including phenoxy) is 2. The Morgan fingerprint density at radius 1 is 1.19 bits per heavy atom. The number of benzene rings is 2. The van der Waals surface area contributed by atoms with E-state index in [2.05, 4.69) is 21.2 Å². The Balaban J connectivity index is 1.74. The van der Waals surface area contributed by atoms with Crippen LogP contribution in [0.2, 0.25) is 0 Å². The topological polar surface area (TPSA) is 84.9 Å². The molecule has 1 atom stereocenters. The van der Waals surface area contributed by atoms with Gasteiger partial charge in [-0.2, -0.15) is 0 Å². The SMILES string of the molecule is Cc1ccc(S(C)(=O)=O)c(OCC(O)CNCCOc2cccc(Br)c2)c1. The maximum absolute atomic E-state index is 11.8. The zero-order valence-corrected chi connectivity index (χ0v) is 17.7. The molecule has 0 saturated carbocycles. The molecular formula is C19H24BrNO5S. The second-order valence-corrected chi connectivity index (χ2v) is 9.10. The molecule has 27 heavy (non-hydrogen) atoms. The molecule has 2 aromatic carbocycles. The number of hydrogen-bond acceptors (Lipinski definition) is 6. The Bertz CT molecular complexity index is 857. The largest absolute Gasteiger partial charge is 0.492 e. The van der Waals surface area contributed by atoms with E-state index in [1.54, 1.807) is 12.1 Å². The second-order valence-electron chi connectivity index (χ2n) is 6.20. The van der Waals surface area contributed by atoms with Crippen molar-refractivity contribution < 1.29 is 23.0 Å². The molecule has 0 heterocycles. The van der Waals surface area contributed by atoms with Crippen molar-refractivity contribution in [3.05, 3.63) is 52.5 Å². The van der Waals surface area contributed by atoms with Crippen LogP contribution >= 0.6 is 15.9 Å². The summed E-state index contributed by atoms with van der Waals surface area (Å²) < 4.78 is 35.7. The Hall–Kier alpha value is -1.61. The predicted octanol–water partition coefficient (Wildman–Crippen LogP) is 2.57. The van der Waals surface area contributed by atoms with Crippen LogP contribution < -0.4 is 14.8 Å². The van der Waals surface area contributed by atoms with Gasteiger partial charge in [0.05, 0.1) is 0 Å². The van der Waals surface area contributed by atoms with E-state index in [9.17, 15) is 13.5 Å². The summed E-state index contributed by atoms with van der Waals surface area (Å²) in [5, 5.41) is 13.1. The van der Waals surface area contributed by atoms with Crippen LogP contribution in [0.4, 0.5) is 0 Å². The summed E-state index contributed by atoms with van der Waals surface area (Å²) in [7, 11) is -3.39. The van der Waals surface area contributed by atoms with Crippen LogP contribution in [0.5, 0.6) is 11.5 Å². The van der Waals surface area contributed by atoms with Gasteiger partial charge in [0.1, 0.15) is 35.7 Å². The molecule has 148 valence electrons. The van der Waals surface area contributed by atoms with E-state index in [4.69, 9.17) is 9.47 Å². The van der Waals surface area contributed by atoms with Crippen molar-refractivity contribution in [2.24, 2.45) is 0 Å². The molecule has 0 spiro atoms. The first-order valence-electron chi connectivity index (χ1n) is 8.46. The minimum Gasteiger partial charge on any atom is -0.492 e. The number of nitrogens with one attached hydrogen (secondary N) is 1. The van der Waals surface area contributed by atoms with Crippen molar-refractivity contribution in [2.75, 3.05) is 32.6 Å². The van der Waals surface area contributed by atoms with Crippen LogP contribution in [-0.2, 0) is 9.84 Å². The van der Waals surface area contributed by atoms with Crippen LogP contribution in [0.25, 0.3) is 0 Å². The van der Waals surface area contributed by atoms with E-state index < -0.39 is 15.9 Å². The van der Waals surface area contributed by atoms with Gasteiger partial charge in [-0.05, 0) is 42.8 Å². The van der Waals surface area contributed by atoms with Crippen molar-refractivity contribution in [3.8, 4) is 11.5 Å². The molecular weight excluding hydrogens is 434 g/mol. The summed E-state index contributed by atoms with van der Waals surface area (Å²) in [5.74, 6) is 1.03. The molecule has 2 aromatic rings. The van der Waals surface area contributed by atoms with Gasteiger partial charge in [-0.3, -0.25) is 0 Å².